The van der Waals surface area contributed by atoms with Gasteiger partial charge in [-0.25, -0.2) is 0 Å². The molecule has 2 aromatic heterocycles. The zero-order valence-electron chi connectivity index (χ0n) is 10.7. The van der Waals surface area contributed by atoms with Crippen LogP contribution in [-0.4, -0.2) is 10.1 Å². The zero-order valence-corrected chi connectivity index (χ0v) is 11.6. The molecule has 0 amide bonds. The minimum absolute atomic E-state index is 0.101. The Balaban J connectivity index is 1.72. The fourth-order valence-electron chi connectivity index (χ4n) is 2.48. The Bertz CT molecular complexity index is 727. The molecule has 4 nitrogen and oxygen atoms in total. The second-order valence-corrected chi connectivity index (χ2v) is 6.05. The molecular weight excluding hydrogens is 270 g/mol. The molecule has 0 unspecified atom stereocenters. The first-order valence-corrected chi connectivity index (χ1v) is 7.40. The van der Waals surface area contributed by atoms with Gasteiger partial charge in [0.15, 0.2) is 0 Å². The molecule has 2 N–H and O–H groups in total. The molecule has 20 heavy (non-hydrogen) atoms. The third-order valence-corrected chi connectivity index (χ3v) is 4.66. The maximum atomic E-state index is 5.75. The van der Waals surface area contributed by atoms with E-state index in [1.54, 1.807) is 11.3 Å². The van der Waals surface area contributed by atoms with Gasteiger partial charge in [0.05, 0.1) is 10.3 Å². The van der Waals surface area contributed by atoms with Gasteiger partial charge in [-0.1, -0.05) is 23.4 Å². The largest absolute Gasteiger partial charge is 0.399 e. The number of nitrogen functional groups attached to an aromatic ring is 1. The third-order valence-electron chi connectivity index (χ3n) is 3.79. The molecule has 0 bridgehead atoms. The summed E-state index contributed by atoms with van der Waals surface area (Å²) >= 11 is 1.62. The van der Waals surface area contributed by atoms with Gasteiger partial charge in [0.25, 0.3) is 0 Å². The van der Waals surface area contributed by atoms with Gasteiger partial charge in [-0.3, -0.25) is 0 Å². The van der Waals surface area contributed by atoms with E-state index in [4.69, 9.17) is 10.3 Å². The fourth-order valence-corrected chi connectivity index (χ4v) is 3.13. The molecule has 100 valence electrons. The minimum atomic E-state index is -0.101. The summed E-state index contributed by atoms with van der Waals surface area (Å²) in [4.78, 5) is 5.62. The van der Waals surface area contributed by atoms with E-state index in [-0.39, 0.29) is 5.41 Å². The van der Waals surface area contributed by atoms with E-state index in [0.29, 0.717) is 11.7 Å². The van der Waals surface area contributed by atoms with Crippen molar-refractivity contribution in [2.75, 3.05) is 5.73 Å². The molecule has 1 aliphatic rings. The van der Waals surface area contributed by atoms with Gasteiger partial charge in [0.2, 0.25) is 11.7 Å². The Hall–Kier alpha value is -2.14. The van der Waals surface area contributed by atoms with Gasteiger partial charge in [-0.2, -0.15) is 4.98 Å². The summed E-state index contributed by atoms with van der Waals surface area (Å²) in [5.41, 5.74) is 7.62. The van der Waals surface area contributed by atoms with Gasteiger partial charge < -0.3 is 10.3 Å². The average Bonchev–Trinajstić information content (AvgIpc) is 2.93. The molecular formula is C15H13N3OS. The highest BCUT2D eigenvalue weighted by Crippen LogP contribution is 2.53. The highest BCUT2D eigenvalue weighted by atomic mass is 32.1. The number of aromatic nitrogens is 2. The topological polar surface area (TPSA) is 64.9 Å². The number of rotatable bonds is 3. The zero-order chi connectivity index (χ0) is 13.6. The summed E-state index contributed by atoms with van der Waals surface area (Å²) in [6.07, 6.45) is 2.09. The van der Waals surface area contributed by atoms with E-state index in [9.17, 15) is 0 Å². The lowest BCUT2D eigenvalue weighted by molar-refractivity contribution is 0.360. The number of anilines is 1. The van der Waals surface area contributed by atoms with Crippen LogP contribution in [0.2, 0.25) is 0 Å². The first-order valence-electron chi connectivity index (χ1n) is 6.52. The fraction of sp³-hybridized carbons (Fsp3) is 0.200. The van der Waals surface area contributed by atoms with Crippen LogP contribution in [0.1, 0.15) is 24.3 Å². The maximum Gasteiger partial charge on any atom is 0.237 e. The van der Waals surface area contributed by atoms with Crippen LogP contribution in [-0.2, 0) is 5.41 Å². The number of thiophene rings is 1. The second-order valence-electron chi connectivity index (χ2n) is 5.10. The smallest absolute Gasteiger partial charge is 0.237 e. The maximum absolute atomic E-state index is 5.75. The van der Waals surface area contributed by atoms with E-state index < -0.39 is 0 Å². The molecule has 0 radical (unpaired) electrons. The van der Waals surface area contributed by atoms with Crippen LogP contribution in [0.15, 0.2) is 46.3 Å². The van der Waals surface area contributed by atoms with E-state index in [0.717, 1.165) is 23.4 Å². The molecule has 0 spiro atoms. The molecule has 1 fully saturated rings. The monoisotopic (exact) mass is 283 g/mol. The lowest BCUT2D eigenvalue weighted by atomic mass is 9.96. The van der Waals surface area contributed by atoms with Gasteiger partial charge in [-0.15, -0.1) is 11.3 Å². The molecule has 1 aliphatic carbocycles. The number of hydrogen-bond donors (Lipinski definition) is 1. The normalized spacial score (nSPS) is 16.2. The van der Waals surface area contributed by atoms with Crippen molar-refractivity contribution in [3.05, 3.63) is 53.2 Å². The van der Waals surface area contributed by atoms with Gasteiger partial charge in [0, 0.05) is 5.69 Å². The molecule has 0 aliphatic heterocycles. The van der Waals surface area contributed by atoms with E-state index in [2.05, 4.69) is 22.3 Å². The van der Waals surface area contributed by atoms with Crippen molar-refractivity contribution in [3.8, 4) is 10.7 Å². The quantitative estimate of drug-likeness (QED) is 0.748. The number of hydrogen-bond acceptors (Lipinski definition) is 5. The van der Waals surface area contributed by atoms with Crippen molar-refractivity contribution < 1.29 is 4.52 Å². The van der Waals surface area contributed by atoms with Gasteiger partial charge >= 0.3 is 0 Å². The summed E-state index contributed by atoms with van der Waals surface area (Å²) < 4.78 is 5.51. The number of nitrogens with zero attached hydrogens (tertiary/aromatic N) is 2. The number of nitrogens with two attached hydrogens (primary N) is 1. The molecule has 2 heterocycles. The standard InChI is InChI=1S/C15H13N3OS/c16-11-5-3-10(4-6-11)15(7-8-15)14-17-13(18-19-14)12-2-1-9-20-12/h1-6,9H,7-8,16H2. The molecule has 4 rings (SSSR count). The summed E-state index contributed by atoms with van der Waals surface area (Å²) in [5, 5.41) is 6.12. The van der Waals surface area contributed by atoms with E-state index in [1.165, 1.54) is 5.56 Å². The Morgan fingerprint density at radius 1 is 1.15 bits per heavy atom. The molecule has 0 saturated heterocycles. The summed E-state index contributed by atoms with van der Waals surface area (Å²) in [6, 6.07) is 11.9. The van der Waals surface area contributed by atoms with Gasteiger partial charge in [0.1, 0.15) is 0 Å². The second kappa shape index (κ2) is 4.18. The van der Waals surface area contributed by atoms with Crippen molar-refractivity contribution in [1.29, 1.82) is 0 Å². The average molecular weight is 283 g/mol. The predicted molar refractivity (Wildman–Crippen MR) is 78.5 cm³/mol. The Morgan fingerprint density at radius 3 is 2.60 bits per heavy atom. The first-order chi connectivity index (χ1) is 9.78. The minimum Gasteiger partial charge on any atom is -0.399 e. The van der Waals surface area contributed by atoms with Crippen LogP contribution in [0.25, 0.3) is 10.7 Å². The lowest BCUT2D eigenvalue weighted by Gasteiger charge is -2.10. The summed E-state index contributed by atoms with van der Waals surface area (Å²) in [6.45, 7) is 0. The first kappa shape index (κ1) is 11.7. The summed E-state index contributed by atoms with van der Waals surface area (Å²) in [5.74, 6) is 1.39. The SMILES string of the molecule is Nc1ccc(C2(c3nc(-c4cccs4)no3)CC2)cc1. The molecule has 1 aromatic carbocycles. The molecule has 1 saturated carbocycles. The molecule has 3 aromatic rings. The van der Waals surface area contributed by atoms with Crippen molar-refractivity contribution in [3.63, 3.8) is 0 Å². The van der Waals surface area contributed by atoms with Crippen LogP contribution >= 0.6 is 11.3 Å². The highest BCUT2D eigenvalue weighted by Gasteiger charge is 2.50. The van der Waals surface area contributed by atoms with E-state index >= 15 is 0 Å². The van der Waals surface area contributed by atoms with E-state index in [1.807, 2.05) is 29.6 Å². The number of benzene rings is 1. The van der Waals surface area contributed by atoms with Crippen LogP contribution in [0.3, 0.4) is 0 Å². The Morgan fingerprint density at radius 2 is 1.95 bits per heavy atom. The molecule has 5 heteroatoms. The predicted octanol–water partition coefficient (Wildman–Crippen LogP) is 3.46. The Kier molecular flexibility index (Phi) is 2.44. The van der Waals surface area contributed by atoms with Crippen LogP contribution in [0, 0.1) is 0 Å². The van der Waals surface area contributed by atoms with Crippen molar-refractivity contribution in [2.24, 2.45) is 0 Å². The van der Waals surface area contributed by atoms with Crippen LogP contribution in [0.5, 0.6) is 0 Å². The van der Waals surface area contributed by atoms with Crippen molar-refractivity contribution in [1.82, 2.24) is 10.1 Å². The molecule has 0 atom stereocenters. The highest BCUT2D eigenvalue weighted by molar-refractivity contribution is 7.13. The van der Waals surface area contributed by atoms with Crippen molar-refractivity contribution in [2.45, 2.75) is 18.3 Å². The lowest BCUT2D eigenvalue weighted by Crippen LogP contribution is -2.09. The van der Waals surface area contributed by atoms with Crippen LogP contribution < -0.4 is 5.73 Å². The van der Waals surface area contributed by atoms with Crippen molar-refractivity contribution >= 4 is 17.0 Å². The third kappa shape index (κ3) is 1.74. The Labute approximate surface area is 120 Å². The van der Waals surface area contributed by atoms with Crippen LogP contribution in [0.4, 0.5) is 5.69 Å². The summed E-state index contributed by atoms with van der Waals surface area (Å²) in [7, 11) is 0. The van der Waals surface area contributed by atoms with Gasteiger partial charge in [-0.05, 0) is 42.0 Å².